The van der Waals surface area contributed by atoms with Crippen LogP contribution in [0.5, 0.6) is 0 Å². The van der Waals surface area contributed by atoms with E-state index >= 15 is 0 Å². The van der Waals surface area contributed by atoms with E-state index in [1.54, 1.807) is 0 Å². The van der Waals surface area contributed by atoms with Gasteiger partial charge in [0, 0.05) is 33.5 Å². The maximum atomic E-state index is 2.53. The van der Waals surface area contributed by atoms with E-state index in [4.69, 9.17) is 0 Å². The molecule has 4 heteroatoms. The second-order valence-corrected chi connectivity index (χ2v) is 29.0. The highest BCUT2D eigenvalue weighted by molar-refractivity contribution is 7.03. The molecule has 0 aliphatic carbocycles. The largest absolute Gasteiger partial charge is 0.310 e. The number of hydrogen-bond acceptors (Lipinski definition) is 2. The van der Waals surface area contributed by atoms with Crippen LogP contribution in [0.25, 0.3) is 76.1 Å². The predicted molar refractivity (Wildman–Crippen MR) is 308 cm³/mol. The molecule has 70 heavy (non-hydrogen) atoms. The van der Waals surface area contributed by atoms with Gasteiger partial charge in [0.2, 0.25) is 0 Å². The first-order chi connectivity index (χ1) is 34.3. The zero-order valence-corrected chi connectivity index (χ0v) is 41.8. The van der Waals surface area contributed by atoms with E-state index in [0.29, 0.717) is 0 Å². The number of fused-ring (bicyclic) bond motifs is 11. The van der Waals surface area contributed by atoms with Gasteiger partial charge in [-0.25, -0.2) is 0 Å². The van der Waals surface area contributed by atoms with Crippen LogP contribution in [-0.4, -0.2) is 16.1 Å². The molecular formula is C66H50N2Si2. The van der Waals surface area contributed by atoms with Crippen molar-refractivity contribution in [2.45, 2.75) is 26.2 Å². The maximum Gasteiger partial charge on any atom is 0.117 e. The highest BCUT2D eigenvalue weighted by atomic mass is 28.3. The molecule has 2 nitrogen and oxygen atoms in total. The fourth-order valence-electron chi connectivity index (χ4n) is 12.7. The Morgan fingerprint density at radius 1 is 0.243 bits per heavy atom. The summed E-state index contributed by atoms with van der Waals surface area (Å²) < 4.78 is 0. The van der Waals surface area contributed by atoms with Crippen LogP contribution in [0.1, 0.15) is 0 Å². The molecule has 2 heterocycles. The molecule has 12 aromatic carbocycles. The van der Waals surface area contributed by atoms with Crippen LogP contribution in [0.2, 0.25) is 26.2 Å². The van der Waals surface area contributed by atoms with E-state index in [2.05, 4.69) is 267 Å². The molecule has 12 aromatic rings. The molecular weight excluding hydrogens is 877 g/mol. The number of benzene rings is 12. The van der Waals surface area contributed by atoms with E-state index in [-0.39, 0.29) is 0 Å². The van der Waals surface area contributed by atoms with Gasteiger partial charge in [-0.2, -0.15) is 0 Å². The minimum Gasteiger partial charge on any atom is -0.310 e. The molecule has 2 aliphatic heterocycles. The van der Waals surface area contributed by atoms with Gasteiger partial charge in [0.1, 0.15) is 16.1 Å². The van der Waals surface area contributed by atoms with E-state index in [9.17, 15) is 0 Å². The van der Waals surface area contributed by atoms with E-state index in [1.165, 1.54) is 131 Å². The summed E-state index contributed by atoms with van der Waals surface area (Å²) in [5.74, 6) is 0. The molecule has 2 aliphatic rings. The normalized spacial score (nSPS) is 14.5. The topological polar surface area (TPSA) is 6.48 Å². The molecule has 14 rings (SSSR count). The summed E-state index contributed by atoms with van der Waals surface area (Å²) >= 11 is 0. The van der Waals surface area contributed by atoms with Crippen molar-refractivity contribution < 1.29 is 0 Å². The van der Waals surface area contributed by atoms with Gasteiger partial charge in [-0.3, -0.25) is 0 Å². The first-order valence-corrected chi connectivity index (χ1v) is 30.7. The van der Waals surface area contributed by atoms with Crippen LogP contribution in [0.3, 0.4) is 0 Å². The van der Waals surface area contributed by atoms with Gasteiger partial charge in [-0.15, -0.1) is 0 Å². The molecule has 0 spiro atoms. The lowest BCUT2D eigenvalue weighted by Crippen LogP contribution is -2.58. The molecule has 0 amide bonds. The Labute approximate surface area is 411 Å². The molecule has 0 N–H and O–H groups in total. The third-order valence-corrected chi connectivity index (χ3v) is 23.1. The van der Waals surface area contributed by atoms with Crippen molar-refractivity contribution in [3.63, 3.8) is 0 Å². The smallest absolute Gasteiger partial charge is 0.117 e. The van der Waals surface area contributed by atoms with Crippen molar-refractivity contribution in [3.05, 3.63) is 231 Å². The summed E-state index contributed by atoms with van der Waals surface area (Å²) in [6, 6.07) is 87.2. The van der Waals surface area contributed by atoms with Crippen LogP contribution >= 0.6 is 0 Å². The van der Waals surface area contributed by atoms with Crippen LogP contribution in [0.15, 0.2) is 231 Å². The molecule has 0 bridgehead atoms. The highest BCUT2D eigenvalue weighted by Crippen LogP contribution is 2.49. The van der Waals surface area contributed by atoms with Gasteiger partial charge in [0.25, 0.3) is 0 Å². The number of anilines is 6. The van der Waals surface area contributed by atoms with Crippen molar-refractivity contribution in [2.75, 3.05) is 9.80 Å². The summed E-state index contributed by atoms with van der Waals surface area (Å²) in [7, 11) is -3.89. The standard InChI is InChI=1S/C66H50N2Si2/c1-69(2)62-33-17-13-29-58(62)67(59-30-14-18-34-63(59)69)56-39-37-48(44-21-5-9-25-50(44)56)54-41-43-42-55(47-24-8-12-28-53(47)66(43)52-27-11-7-23-46(52)54)49-38-40-57(51-26-10-6-22-45(49)51)68-60-31-15-19-35-64(60)70(3,4)65-36-20-16-32-61(65)68/h5-42H,1-4H3. The average molecular weight is 927 g/mol. The maximum absolute atomic E-state index is 2.53. The van der Waals surface area contributed by atoms with Crippen molar-refractivity contribution in [1.29, 1.82) is 0 Å². The second-order valence-electron chi connectivity index (χ2n) is 20.4. The highest BCUT2D eigenvalue weighted by Gasteiger charge is 2.40. The molecule has 0 saturated heterocycles. The summed E-state index contributed by atoms with van der Waals surface area (Å²) in [4.78, 5) is 5.07. The first kappa shape index (κ1) is 41.0. The number of rotatable bonds is 4. The van der Waals surface area contributed by atoms with Crippen molar-refractivity contribution in [1.82, 2.24) is 0 Å². The molecule has 0 fully saturated rings. The van der Waals surface area contributed by atoms with Gasteiger partial charge in [-0.1, -0.05) is 208 Å². The Balaban J connectivity index is 0.990. The summed E-state index contributed by atoms with van der Waals surface area (Å²) in [5.41, 5.74) is 12.6. The fraction of sp³-hybridized carbons (Fsp3) is 0.0606. The molecule has 0 saturated carbocycles. The average Bonchev–Trinajstić information content (AvgIpc) is 3.40. The third-order valence-electron chi connectivity index (χ3n) is 16.0. The SMILES string of the molecule is C[Si]1(C)c2ccccc2N(c2ccc(-c3cc4cc(-c5ccc(N6c7ccccc7[Si](C)(C)c7ccccc76)c6ccccc56)c5ccccc5c4c4ccccc34)c3ccccc23)c2ccccc21. The number of nitrogens with zero attached hydrogens (tertiary/aromatic N) is 2. The predicted octanol–water partition coefficient (Wildman–Crippen LogP) is 16.0. The van der Waals surface area contributed by atoms with E-state index in [0.717, 1.165) is 0 Å². The molecule has 0 aromatic heterocycles. The molecule has 0 unspecified atom stereocenters. The van der Waals surface area contributed by atoms with Crippen molar-refractivity contribution >= 4 is 125 Å². The number of para-hydroxylation sites is 4. The molecule has 332 valence electrons. The van der Waals surface area contributed by atoms with E-state index < -0.39 is 16.1 Å². The van der Waals surface area contributed by atoms with Gasteiger partial charge in [-0.05, 0) is 135 Å². The Bertz CT molecular complexity index is 3800. The summed E-state index contributed by atoms with van der Waals surface area (Å²) in [5, 5.41) is 18.5. The van der Waals surface area contributed by atoms with Gasteiger partial charge in [0.15, 0.2) is 0 Å². The van der Waals surface area contributed by atoms with Crippen molar-refractivity contribution in [2.24, 2.45) is 0 Å². The molecule has 0 atom stereocenters. The van der Waals surface area contributed by atoms with Gasteiger partial charge in [0.05, 0.1) is 11.4 Å². The van der Waals surface area contributed by atoms with Crippen LogP contribution in [0.4, 0.5) is 34.1 Å². The lowest BCUT2D eigenvalue weighted by molar-refractivity contribution is 1.30. The van der Waals surface area contributed by atoms with Crippen LogP contribution in [-0.2, 0) is 0 Å². The Morgan fingerprint density at radius 3 is 0.857 bits per heavy atom. The Kier molecular flexibility index (Phi) is 8.92. The third kappa shape index (κ3) is 5.78. The zero-order chi connectivity index (χ0) is 46.9. The summed E-state index contributed by atoms with van der Waals surface area (Å²) in [6.07, 6.45) is 0. The fourth-order valence-corrected chi connectivity index (χ4v) is 18.7. The molecule has 0 radical (unpaired) electrons. The van der Waals surface area contributed by atoms with Crippen molar-refractivity contribution in [3.8, 4) is 22.3 Å². The van der Waals surface area contributed by atoms with Gasteiger partial charge >= 0.3 is 0 Å². The Morgan fingerprint density at radius 2 is 0.514 bits per heavy atom. The second kappa shape index (κ2) is 15.2. The van der Waals surface area contributed by atoms with Crippen LogP contribution < -0.4 is 30.5 Å². The zero-order valence-electron chi connectivity index (χ0n) is 39.8. The lowest BCUT2D eigenvalue weighted by atomic mass is 9.85. The first-order valence-electron chi connectivity index (χ1n) is 24.7. The lowest BCUT2D eigenvalue weighted by Gasteiger charge is -2.41. The monoisotopic (exact) mass is 926 g/mol. The minimum absolute atomic E-state index is 1.21. The minimum atomic E-state index is -1.94. The Hall–Kier alpha value is -8.03. The van der Waals surface area contributed by atoms with Gasteiger partial charge < -0.3 is 9.80 Å². The quantitative estimate of drug-likeness (QED) is 0.128. The summed E-state index contributed by atoms with van der Waals surface area (Å²) in [6.45, 7) is 9.98. The number of hydrogen-bond donors (Lipinski definition) is 0. The van der Waals surface area contributed by atoms with E-state index in [1.807, 2.05) is 0 Å². The van der Waals surface area contributed by atoms with Crippen LogP contribution in [0, 0.1) is 0 Å².